The minimum absolute atomic E-state index is 0.954. The molecule has 0 bridgehead atoms. The molecular weight excluding hydrogens is 298 g/mol. The van der Waals surface area contributed by atoms with E-state index in [1.54, 1.807) is 0 Å². The quantitative estimate of drug-likeness (QED) is 0.471. The van der Waals surface area contributed by atoms with Gasteiger partial charge in [0.25, 0.3) is 0 Å². The van der Waals surface area contributed by atoms with Crippen molar-refractivity contribution in [3.05, 3.63) is 63.2 Å². The van der Waals surface area contributed by atoms with Crippen LogP contribution < -0.4 is 0 Å². The van der Waals surface area contributed by atoms with Crippen molar-refractivity contribution in [1.82, 2.24) is 0 Å². The third-order valence-electron chi connectivity index (χ3n) is 4.38. The van der Waals surface area contributed by atoms with Gasteiger partial charge < -0.3 is 0 Å². The Kier molecular flexibility index (Phi) is 5.87. The van der Waals surface area contributed by atoms with E-state index in [1.165, 1.54) is 34.2 Å². The van der Waals surface area contributed by atoms with Crippen molar-refractivity contribution >= 4 is 23.1 Å². The van der Waals surface area contributed by atoms with Crippen LogP contribution in [0.25, 0.3) is 0 Å². The van der Waals surface area contributed by atoms with Crippen molar-refractivity contribution in [3.63, 3.8) is 0 Å². The summed E-state index contributed by atoms with van der Waals surface area (Å²) in [6.45, 7) is 10.9. The van der Waals surface area contributed by atoms with Gasteiger partial charge in [0.1, 0.15) is 0 Å². The van der Waals surface area contributed by atoms with Crippen LogP contribution in [-0.2, 0) is 12.8 Å². The van der Waals surface area contributed by atoms with Crippen LogP contribution in [0.5, 0.6) is 0 Å². The molecule has 23 heavy (non-hydrogen) atoms. The van der Waals surface area contributed by atoms with E-state index in [0.29, 0.717) is 0 Å². The van der Waals surface area contributed by atoms with E-state index in [0.717, 1.165) is 29.7 Å². The summed E-state index contributed by atoms with van der Waals surface area (Å²) in [5.41, 5.74) is 10.3. The highest BCUT2D eigenvalue weighted by molar-refractivity contribution is 7.78. The highest BCUT2D eigenvalue weighted by Crippen LogP contribution is 2.28. The maximum Gasteiger partial charge on any atom is 0.0798 e. The topological polar surface area (TPSA) is 12.4 Å². The van der Waals surface area contributed by atoms with E-state index < -0.39 is 0 Å². The fourth-order valence-corrected chi connectivity index (χ4v) is 3.46. The Bertz CT molecular complexity index is 721. The number of aliphatic imine (C=N–C) groups is 1. The first-order chi connectivity index (χ1) is 11.0. The highest BCUT2D eigenvalue weighted by atomic mass is 32.1. The van der Waals surface area contributed by atoms with Crippen LogP contribution in [0.2, 0.25) is 0 Å². The predicted molar refractivity (Wildman–Crippen MR) is 103 cm³/mol. The van der Waals surface area contributed by atoms with E-state index in [1.807, 2.05) is 0 Å². The van der Waals surface area contributed by atoms with Gasteiger partial charge in [0.05, 0.1) is 10.8 Å². The molecule has 0 saturated carbocycles. The van der Waals surface area contributed by atoms with Crippen LogP contribution in [0.3, 0.4) is 0 Å². The molecule has 0 aliphatic heterocycles. The van der Waals surface area contributed by atoms with E-state index in [2.05, 4.69) is 69.0 Å². The molecular formula is C21H25NS. The summed E-state index contributed by atoms with van der Waals surface area (Å²) in [5.74, 6) is 0. The van der Waals surface area contributed by atoms with Crippen LogP contribution in [0.1, 0.15) is 52.3 Å². The van der Waals surface area contributed by atoms with Crippen molar-refractivity contribution in [2.45, 2.75) is 53.9 Å². The molecule has 0 fully saturated rings. The lowest BCUT2D eigenvalue weighted by Gasteiger charge is -2.14. The average molecular weight is 324 g/mol. The van der Waals surface area contributed by atoms with Crippen LogP contribution in [0, 0.1) is 27.7 Å². The van der Waals surface area contributed by atoms with Crippen molar-refractivity contribution < 1.29 is 0 Å². The summed E-state index contributed by atoms with van der Waals surface area (Å²) in [6, 6.07) is 9.13. The lowest BCUT2D eigenvalue weighted by atomic mass is 9.91. The first-order valence-corrected chi connectivity index (χ1v) is 8.64. The molecule has 2 aromatic carbocycles. The minimum Gasteiger partial charge on any atom is -0.194 e. The number of thiocarbonyl (C=S) groups is 1. The predicted octanol–water partition coefficient (Wildman–Crippen LogP) is 6.20. The first kappa shape index (κ1) is 17.6. The number of nitrogens with zero attached hydrogens (tertiary/aromatic N) is 1. The number of hydrogen-bond donors (Lipinski definition) is 0. The molecule has 1 nitrogen and oxygen atoms in total. The van der Waals surface area contributed by atoms with Gasteiger partial charge in [-0.2, -0.15) is 4.99 Å². The zero-order valence-electron chi connectivity index (χ0n) is 14.8. The van der Waals surface area contributed by atoms with E-state index in [4.69, 9.17) is 12.2 Å². The van der Waals surface area contributed by atoms with Crippen molar-refractivity contribution in [1.29, 1.82) is 0 Å². The second-order valence-electron chi connectivity index (χ2n) is 6.42. The van der Waals surface area contributed by atoms with Crippen molar-refractivity contribution in [2.24, 2.45) is 4.99 Å². The molecule has 0 radical (unpaired) electrons. The Morgan fingerprint density at radius 1 is 0.870 bits per heavy atom. The maximum atomic E-state index is 4.74. The third kappa shape index (κ3) is 4.16. The zero-order valence-corrected chi connectivity index (χ0v) is 15.6. The first-order valence-electron chi connectivity index (χ1n) is 8.23. The summed E-state index contributed by atoms with van der Waals surface area (Å²) >= 11 is 4.74. The van der Waals surface area contributed by atoms with Gasteiger partial charge in [0.2, 0.25) is 0 Å². The van der Waals surface area contributed by atoms with E-state index >= 15 is 0 Å². The Morgan fingerprint density at radius 3 is 1.87 bits per heavy atom. The highest BCUT2D eigenvalue weighted by Gasteiger charge is 2.09. The summed E-state index contributed by atoms with van der Waals surface area (Å²) in [7, 11) is 0. The second-order valence-corrected chi connectivity index (χ2v) is 6.60. The third-order valence-corrected chi connectivity index (χ3v) is 4.47. The number of hydrogen-bond acceptors (Lipinski definition) is 2. The van der Waals surface area contributed by atoms with Crippen LogP contribution in [-0.4, -0.2) is 5.16 Å². The molecule has 0 unspecified atom stereocenters. The van der Waals surface area contributed by atoms with Crippen LogP contribution in [0.15, 0.2) is 29.3 Å². The Labute approximate surface area is 145 Å². The zero-order chi connectivity index (χ0) is 17.0. The van der Waals surface area contributed by atoms with Gasteiger partial charge in [-0.15, -0.1) is 0 Å². The van der Waals surface area contributed by atoms with Gasteiger partial charge in [-0.25, -0.2) is 0 Å². The van der Waals surface area contributed by atoms with Crippen molar-refractivity contribution in [3.8, 4) is 0 Å². The summed E-state index contributed by atoms with van der Waals surface area (Å²) < 4.78 is 0. The number of rotatable bonds is 5. The van der Waals surface area contributed by atoms with Gasteiger partial charge >= 0.3 is 0 Å². The molecule has 0 amide bonds. The lowest BCUT2D eigenvalue weighted by molar-refractivity contribution is 0.914. The molecule has 120 valence electrons. The molecule has 0 N–H and O–H groups in total. The number of isothiocyanates is 1. The Hall–Kier alpha value is -1.76. The standard InChI is InChI=1S/C21H25NS/c1-6-7-18-8-14(2)20(15(3)9-18)12-19-10-16(4)21(22-13-23)17(5)11-19/h8-11H,6-7,12H2,1-5H3. The molecule has 0 spiro atoms. The number of aryl methyl sites for hydroxylation is 5. The SMILES string of the molecule is CCCc1cc(C)c(Cc2cc(C)c(N=C=S)c(C)c2)c(C)c1. The molecule has 2 heteroatoms. The largest absolute Gasteiger partial charge is 0.194 e. The normalized spacial score (nSPS) is 10.5. The molecule has 0 saturated heterocycles. The molecule has 0 heterocycles. The molecule has 0 aromatic heterocycles. The summed E-state index contributed by atoms with van der Waals surface area (Å²) in [5, 5.41) is 2.48. The smallest absolute Gasteiger partial charge is 0.0798 e. The molecule has 0 aliphatic carbocycles. The molecule has 2 rings (SSSR count). The maximum absolute atomic E-state index is 4.74. The monoisotopic (exact) mass is 323 g/mol. The van der Waals surface area contributed by atoms with Crippen LogP contribution >= 0.6 is 12.2 Å². The van der Waals surface area contributed by atoms with Crippen molar-refractivity contribution in [2.75, 3.05) is 0 Å². The minimum atomic E-state index is 0.954. The van der Waals surface area contributed by atoms with Gasteiger partial charge in [-0.1, -0.05) is 37.6 Å². The number of benzene rings is 2. The van der Waals surface area contributed by atoms with Gasteiger partial charge in [-0.05, 0) is 91.7 Å². The van der Waals surface area contributed by atoms with Gasteiger partial charge in [-0.3, -0.25) is 0 Å². The van der Waals surface area contributed by atoms with Gasteiger partial charge in [0.15, 0.2) is 0 Å². The summed E-state index contributed by atoms with van der Waals surface area (Å²) in [6.07, 6.45) is 3.32. The Morgan fingerprint density at radius 2 is 1.39 bits per heavy atom. The fourth-order valence-electron chi connectivity index (χ4n) is 3.37. The molecule has 2 aromatic rings. The average Bonchev–Trinajstić information content (AvgIpc) is 2.47. The van der Waals surface area contributed by atoms with E-state index in [9.17, 15) is 0 Å². The van der Waals surface area contributed by atoms with Crippen LogP contribution in [0.4, 0.5) is 5.69 Å². The second kappa shape index (κ2) is 7.68. The van der Waals surface area contributed by atoms with E-state index in [-0.39, 0.29) is 0 Å². The molecule has 0 aliphatic rings. The lowest BCUT2D eigenvalue weighted by Crippen LogP contribution is -1.99. The Balaban J connectivity index is 2.38. The van der Waals surface area contributed by atoms with Gasteiger partial charge in [0, 0.05) is 0 Å². The summed E-state index contributed by atoms with van der Waals surface area (Å²) in [4.78, 5) is 4.19. The molecule has 0 atom stereocenters. The fraction of sp³-hybridized carbons (Fsp3) is 0.381.